The Hall–Kier alpha value is -4.91. The summed E-state index contributed by atoms with van der Waals surface area (Å²) < 4.78 is 0. The Balaban J connectivity index is 1.85. The van der Waals surface area contributed by atoms with Gasteiger partial charge in [-0.2, -0.15) is 0 Å². The average molecular weight is 607 g/mol. The molecule has 4 atom stereocenters. The number of fused-ring (bicyclic) bond motifs is 1. The van der Waals surface area contributed by atoms with E-state index < -0.39 is 53.8 Å². The number of aliphatic imine (C=N–C) groups is 1. The van der Waals surface area contributed by atoms with Crippen molar-refractivity contribution >= 4 is 40.6 Å². The highest BCUT2D eigenvalue weighted by Crippen LogP contribution is 2.19. The second-order valence-electron chi connectivity index (χ2n) is 11.0. The predicted molar refractivity (Wildman–Crippen MR) is 168 cm³/mol. The SMILES string of the molecule is CC(C)C(NC(=O)C(CCCN=C(N)N)NC(=O)C(Cc1c[nH]c2ccccc12)NC(=O)C(N)Cc1ccccc1)C(=O)O. The first-order chi connectivity index (χ1) is 21.0. The molecule has 0 aliphatic rings. The minimum Gasteiger partial charge on any atom is -0.480 e. The molecule has 4 unspecified atom stereocenters. The monoisotopic (exact) mass is 606 g/mol. The van der Waals surface area contributed by atoms with Crippen LogP contribution in [0.25, 0.3) is 10.9 Å². The topological polar surface area (TPSA) is 231 Å². The molecule has 0 bridgehead atoms. The van der Waals surface area contributed by atoms with E-state index in [0.717, 1.165) is 22.0 Å². The summed E-state index contributed by atoms with van der Waals surface area (Å²) in [7, 11) is 0. The molecule has 3 amide bonds. The highest BCUT2D eigenvalue weighted by molar-refractivity contribution is 5.95. The van der Waals surface area contributed by atoms with Gasteiger partial charge in [0.15, 0.2) is 5.96 Å². The van der Waals surface area contributed by atoms with Gasteiger partial charge in [0.05, 0.1) is 6.04 Å². The van der Waals surface area contributed by atoms with E-state index in [2.05, 4.69) is 25.9 Å². The number of H-pyrrole nitrogens is 1. The summed E-state index contributed by atoms with van der Waals surface area (Å²) in [5.74, 6) is -3.57. The zero-order valence-electron chi connectivity index (χ0n) is 25.0. The first kappa shape index (κ1) is 33.6. The fourth-order valence-corrected chi connectivity index (χ4v) is 4.78. The second-order valence-corrected chi connectivity index (χ2v) is 11.0. The Kier molecular flexibility index (Phi) is 12.3. The highest BCUT2D eigenvalue weighted by Gasteiger charge is 2.31. The number of nitrogens with zero attached hydrogens (tertiary/aromatic N) is 1. The predicted octanol–water partition coefficient (Wildman–Crippen LogP) is 0.529. The number of hydrogen-bond donors (Lipinski definition) is 8. The van der Waals surface area contributed by atoms with Gasteiger partial charge in [-0.15, -0.1) is 0 Å². The van der Waals surface area contributed by atoms with Crippen molar-refractivity contribution in [2.24, 2.45) is 28.1 Å². The van der Waals surface area contributed by atoms with Gasteiger partial charge in [-0.25, -0.2) is 4.79 Å². The number of para-hydroxylation sites is 1. The number of carbonyl (C=O) groups excluding carboxylic acids is 3. The minimum absolute atomic E-state index is 0.103. The Morgan fingerprint density at radius 3 is 2.16 bits per heavy atom. The van der Waals surface area contributed by atoms with E-state index >= 15 is 0 Å². The molecule has 0 spiro atoms. The van der Waals surface area contributed by atoms with Crippen LogP contribution in [0.15, 0.2) is 65.8 Å². The van der Waals surface area contributed by atoms with Gasteiger partial charge in [0.2, 0.25) is 17.7 Å². The lowest BCUT2D eigenvalue weighted by Crippen LogP contribution is -2.58. The zero-order chi connectivity index (χ0) is 32.2. The van der Waals surface area contributed by atoms with Crippen LogP contribution in [-0.2, 0) is 32.0 Å². The lowest BCUT2D eigenvalue weighted by atomic mass is 10.0. The van der Waals surface area contributed by atoms with Crippen LogP contribution in [0, 0.1) is 5.92 Å². The Morgan fingerprint density at radius 1 is 0.864 bits per heavy atom. The van der Waals surface area contributed by atoms with Crippen molar-refractivity contribution in [3.8, 4) is 0 Å². The molecule has 0 fully saturated rings. The molecule has 0 aliphatic heterocycles. The maximum absolute atomic E-state index is 13.8. The standard InChI is InChI=1S/C31H42N8O5/c1-18(2)26(30(43)44)39-28(41)24(13-8-14-35-31(33)34)37-29(42)25(16-20-17-36-23-12-7-6-11-21(20)23)38-27(40)22(32)15-19-9-4-3-5-10-19/h3-7,9-12,17-18,22,24-26,36H,8,13-16,32H2,1-2H3,(H,37,42)(H,38,40)(H,39,41)(H,43,44)(H4,33,34,35). The number of benzene rings is 2. The van der Waals surface area contributed by atoms with E-state index in [1.807, 2.05) is 54.6 Å². The molecule has 0 radical (unpaired) electrons. The largest absolute Gasteiger partial charge is 0.480 e. The smallest absolute Gasteiger partial charge is 0.326 e. The molecular formula is C31H42N8O5. The summed E-state index contributed by atoms with van der Waals surface area (Å²) in [4.78, 5) is 59.2. The molecule has 2 aromatic carbocycles. The molecular weight excluding hydrogens is 564 g/mol. The number of guanidine groups is 1. The summed E-state index contributed by atoms with van der Waals surface area (Å²) in [5.41, 5.74) is 19.5. The van der Waals surface area contributed by atoms with Crippen molar-refractivity contribution in [2.75, 3.05) is 6.54 Å². The number of carboxylic acids is 1. The van der Waals surface area contributed by atoms with Crippen molar-refractivity contribution in [3.63, 3.8) is 0 Å². The third kappa shape index (κ3) is 9.83. The van der Waals surface area contributed by atoms with Crippen molar-refractivity contribution in [2.45, 2.75) is 63.7 Å². The van der Waals surface area contributed by atoms with Crippen molar-refractivity contribution < 1.29 is 24.3 Å². The summed E-state index contributed by atoms with van der Waals surface area (Å²) in [6, 6.07) is 12.5. The Labute approximate surface area is 256 Å². The van der Waals surface area contributed by atoms with E-state index in [-0.39, 0.29) is 31.8 Å². The van der Waals surface area contributed by atoms with Crippen LogP contribution >= 0.6 is 0 Å². The highest BCUT2D eigenvalue weighted by atomic mass is 16.4. The van der Waals surface area contributed by atoms with Gasteiger partial charge in [-0.05, 0) is 42.4 Å². The number of aliphatic carboxylic acids is 1. The number of hydrogen-bond acceptors (Lipinski definition) is 6. The molecule has 3 aromatic rings. The van der Waals surface area contributed by atoms with Crippen LogP contribution in [0.4, 0.5) is 0 Å². The number of nitrogens with two attached hydrogens (primary N) is 3. The molecule has 0 aliphatic carbocycles. The first-order valence-corrected chi connectivity index (χ1v) is 14.5. The molecule has 3 rings (SSSR count). The molecule has 13 nitrogen and oxygen atoms in total. The average Bonchev–Trinajstić information content (AvgIpc) is 3.39. The van der Waals surface area contributed by atoms with E-state index in [4.69, 9.17) is 17.2 Å². The van der Waals surface area contributed by atoms with Crippen molar-refractivity contribution in [3.05, 3.63) is 71.9 Å². The van der Waals surface area contributed by atoms with E-state index in [9.17, 15) is 24.3 Å². The van der Waals surface area contributed by atoms with E-state index in [1.165, 1.54) is 0 Å². The number of nitrogens with one attached hydrogen (secondary N) is 4. The zero-order valence-corrected chi connectivity index (χ0v) is 25.0. The van der Waals surface area contributed by atoms with Crippen LogP contribution in [0.1, 0.15) is 37.8 Å². The molecule has 13 heteroatoms. The lowest BCUT2D eigenvalue weighted by molar-refractivity contribution is -0.143. The molecule has 1 heterocycles. The third-order valence-corrected chi connectivity index (χ3v) is 7.18. The summed E-state index contributed by atoms with van der Waals surface area (Å²) >= 11 is 0. The number of carboxylic acid groups (broad SMARTS) is 1. The van der Waals surface area contributed by atoms with Crippen LogP contribution in [0.2, 0.25) is 0 Å². The van der Waals surface area contributed by atoms with Crippen molar-refractivity contribution in [1.29, 1.82) is 0 Å². The van der Waals surface area contributed by atoms with Gasteiger partial charge in [0.1, 0.15) is 18.1 Å². The summed E-state index contributed by atoms with van der Waals surface area (Å²) in [6.45, 7) is 3.52. The lowest BCUT2D eigenvalue weighted by Gasteiger charge is -2.26. The van der Waals surface area contributed by atoms with Gasteiger partial charge >= 0.3 is 5.97 Å². The first-order valence-electron chi connectivity index (χ1n) is 14.5. The van der Waals surface area contributed by atoms with Gasteiger partial charge in [-0.1, -0.05) is 62.4 Å². The number of carbonyl (C=O) groups is 4. The fraction of sp³-hybridized carbons (Fsp3) is 0.387. The number of aromatic amines is 1. The molecule has 236 valence electrons. The van der Waals surface area contributed by atoms with Crippen LogP contribution in [-0.4, -0.2) is 70.5 Å². The normalized spacial score (nSPS) is 13.8. The van der Waals surface area contributed by atoms with Gasteiger partial charge in [0, 0.05) is 30.1 Å². The van der Waals surface area contributed by atoms with Crippen LogP contribution in [0.5, 0.6) is 0 Å². The molecule has 11 N–H and O–H groups in total. The molecule has 44 heavy (non-hydrogen) atoms. The molecule has 0 saturated carbocycles. The molecule has 1 aromatic heterocycles. The maximum Gasteiger partial charge on any atom is 0.326 e. The van der Waals surface area contributed by atoms with E-state index in [0.29, 0.717) is 6.42 Å². The van der Waals surface area contributed by atoms with Crippen molar-refractivity contribution in [1.82, 2.24) is 20.9 Å². The Morgan fingerprint density at radius 2 is 1.50 bits per heavy atom. The van der Waals surface area contributed by atoms with Crippen LogP contribution in [0.3, 0.4) is 0 Å². The van der Waals surface area contributed by atoms with Gasteiger partial charge in [0.25, 0.3) is 0 Å². The Bertz CT molecular complexity index is 1450. The molecule has 0 saturated heterocycles. The number of aromatic nitrogens is 1. The summed E-state index contributed by atoms with van der Waals surface area (Å²) in [6.07, 6.45) is 2.55. The minimum atomic E-state index is -1.20. The fourth-order valence-electron chi connectivity index (χ4n) is 4.78. The second kappa shape index (κ2) is 16.1. The number of amides is 3. The van der Waals surface area contributed by atoms with Crippen LogP contribution < -0.4 is 33.2 Å². The summed E-state index contributed by atoms with van der Waals surface area (Å²) in [5, 5.41) is 18.5. The maximum atomic E-state index is 13.8. The van der Waals surface area contributed by atoms with E-state index in [1.54, 1.807) is 20.0 Å². The van der Waals surface area contributed by atoms with Gasteiger partial charge < -0.3 is 43.2 Å². The third-order valence-electron chi connectivity index (χ3n) is 7.18. The quantitative estimate of drug-likeness (QED) is 0.0649. The number of rotatable bonds is 16. The van der Waals surface area contributed by atoms with Gasteiger partial charge in [-0.3, -0.25) is 19.4 Å².